The maximum atomic E-state index is 11.1. The van der Waals surface area contributed by atoms with Crippen molar-refractivity contribution in [2.75, 3.05) is 6.61 Å². The molecule has 0 spiro atoms. The van der Waals surface area contributed by atoms with Gasteiger partial charge in [0.15, 0.2) is 0 Å². The molecule has 78 valence electrons. The molecule has 0 radical (unpaired) electrons. The Morgan fingerprint density at radius 3 is 2.64 bits per heavy atom. The highest BCUT2D eigenvalue weighted by molar-refractivity contribution is 9.12. The lowest BCUT2D eigenvalue weighted by atomic mass is 10.3. The number of hydrogen-bond acceptors (Lipinski definition) is 2. The molecule has 0 aromatic rings. The second-order valence-corrected chi connectivity index (χ2v) is 3.76. The summed E-state index contributed by atoms with van der Waals surface area (Å²) in [5.41, 5.74) is 1.06. The fourth-order valence-corrected chi connectivity index (χ4v) is 1.01. The van der Waals surface area contributed by atoms with Crippen LogP contribution in [0.1, 0.15) is 13.8 Å². The van der Waals surface area contributed by atoms with Crippen LogP contribution < -0.4 is 0 Å². The van der Waals surface area contributed by atoms with E-state index in [-0.39, 0.29) is 5.97 Å². The van der Waals surface area contributed by atoms with Crippen molar-refractivity contribution in [2.24, 2.45) is 0 Å². The summed E-state index contributed by atoms with van der Waals surface area (Å²) in [5.74, 6) is -0.349. The number of ether oxygens (including phenoxy) is 1. The van der Waals surface area contributed by atoms with Crippen molar-refractivity contribution in [3.8, 4) is 0 Å². The van der Waals surface area contributed by atoms with Crippen LogP contribution in [-0.4, -0.2) is 12.6 Å². The van der Waals surface area contributed by atoms with Crippen LogP contribution in [0.2, 0.25) is 0 Å². The predicted molar refractivity (Wildman–Crippen MR) is 65.5 cm³/mol. The smallest absolute Gasteiger partial charge is 0.345 e. The van der Waals surface area contributed by atoms with Gasteiger partial charge in [0.25, 0.3) is 0 Å². The molecule has 0 amide bonds. The van der Waals surface area contributed by atoms with Crippen molar-refractivity contribution < 1.29 is 9.53 Å². The Labute approximate surface area is 101 Å². The van der Waals surface area contributed by atoms with Crippen LogP contribution in [0.25, 0.3) is 0 Å². The maximum absolute atomic E-state index is 11.1. The molecule has 0 saturated carbocycles. The van der Waals surface area contributed by atoms with Crippen LogP contribution in [0, 0.1) is 0 Å². The lowest BCUT2D eigenvalue weighted by molar-refractivity contribution is -0.137. The molecule has 0 aliphatic rings. The maximum Gasteiger partial charge on any atom is 0.345 e. The third-order valence-electron chi connectivity index (χ3n) is 1.24. The van der Waals surface area contributed by atoms with Gasteiger partial charge in [0.05, 0.1) is 6.61 Å². The predicted octanol–water partition coefficient (Wildman–Crippen LogP) is 3.68. The number of halogens is 2. The van der Waals surface area contributed by atoms with Gasteiger partial charge in [-0.25, -0.2) is 4.79 Å². The lowest BCUT2D eigenvalue weighted by Crippen LogP contribution is -2.02. The van der Waals surface area contributed by atoms with Crippen LogP contribution in [0.5, 0.6) is 0 Å². The standard InChI is InChI=1S/C10H12Br2O2/c1-3-14-10(13)9(12)6-4-5-8(2)7-11/h4-7H,3H2,1-2H3/b5-4+,8-7+,9-6-. The van der Waals surface area contributed by atoms with E-state index in [4.69, 9.17) is 4.74 Å². The molecule has 4 heteroatoms. The zero-order valence-corrected chi connectivity index (χ0v) is 11.3. The van der Waals surface area contributed by atoms with Gasteiger partial charge in [-0.2, -0.15) is 0 Å². The average molecular weight is 324 g/mol. The van der Waals surface area contributed by atoms with E-state index in [0.717, 1.165) is 5.57 Å². The monoisotopic (exact) mass is 322 g/mol. The van der Waals surface area contributed by atoms with Gasteiger partial charge in [0, 0.05) is 0 Å². The summed E-state index contributed by atoms with van der Waals surface area (Å²) in [6.45, 7) is 4.09. The van der Waals surface area contributed by atoms with Crippen LogP contribution in [0.3, 0.4) is 0 Å². The quantitative estimate of drug-likeness (QED) is 0.448. The van der Waals surface area contributed by atoms with Crippen molar-refractivity contribution >= 4 is 37.8 Å². The SMILES string of the molecule is CCOC(=O)/C(Br)=C/C=C/C(C)=C/Br. The van der Waals surface area contributed by atoms with Crippen LogP contribution in [-0.2, 0) is 9.53 Å². The Hall–Kier alpha value is -0.350. The van der Waals surface area contributed by atoms with Crippen LogP contribution in [0.15, 0.2) is 33.3 Å². The van der Waals surface area contributed by atoms with Crippen molar-refractivity contribution in [1.29, 1.82) is 0 Å². The molecule has 0 bridgehead atoms. The van der Waals surface area contributed by atoms with Gasteiger partial charge >= 0.3 is 5.97 Å². The normalized spacial score (nSPS) is 13.4. The third-order valence-corrected chi connectivity index (χ3v) is 2.55. The molecule has 14 heavy (non-hydrogen) atoms. The van der Waals surface area contributed by atoms with E-state index in [1.165, 1.54) is 0 Å². The minimum absolute atomic E-state index is 0.349. The molecule has 0 N–H and O–H groups in total. The molecule has 0 aliphatic heterocycles. The van der Waals surface area contributed by atoms with Gasteiger partial charge in [0.2, 0.25) is 0 Å². The lowest BCUT2D eigenvalue weighted by Gasteiger charge is -1.97. The Balaban J connectivity index is 4.25. The van der Waals surface area contributed by atoms with E-state index in [1.807, 2.05) is 13.0 Å². The van der Waals surface area contributed by atoms with Crippen molar-refractivity contribution in [1.82, 2.24) is 0 Å². The summed E-state index contributed by atoms with van der Waals surface area (Å²) in [4.78, 5) is 12.9. The molecular weight excluding hydrogens is 312 g/mol. The summed E-state index contributed by atoms with van der Waals surface area (Å²) in [6, 6.07) is 0. The second kappa shape index (κ2) is 8.00. The van der Waals surface area contributed by atoms with Gasteiger partial charge in [-0.15, -0.1) is 0 Å². The summed E-state index contributed by atoms with van der Waals surface area (Å²) in [7, 11) is 0. The number of carbonyl (C=O) groups excluding carboxylic acids is 1. The van der Waals surface area contributed by atoms with Gasteiger partial charge in [-0.05, 0) is 46.4 Å². The van der Waals surface area contributed by atoms with E-state index in [2.05, 4.69) is 31.9 Å². The molecule has 0 atom stereocenters. The molecule has 2 nitrogen and oxygen atoms in total. The number of hydrogen-bond donors (Lipinski definition) is 0. The van der Waals surface area contributed by atoms with E-state index in [0.29, 0.717) is 11.1 Å². The van der Waals surface area contributed by atoms with Crippen molar-refractivity contribution in [2.45, 2.75) is 13.8 Å². The average Bonchev–Trinajstić information content (AvgIpc) is 2.17. The molecule has 0 saturated heterocycles. The van der Waals surface area contributed by atoms with E-state index in [1.54, 1.807) is 24.1 Å². The van der Waals surface area contributed by atoms with Crippen LogP contribution in [0.4, 0.5) is 0 Å². The van der Waals surface area contributed by atoms with Crippen molar-refractivity contribution in [3.05, 3.63) is 33.3 Å². The fraction of sp³-hybridized carbons (Fsp3) is 0.300. The highest BCUT2D eigenvalue weighted by Gasteiger charge is 2.03. The summed E-state index contributed by atoms with van der Waals surface area (Å²) in [6.07, 6.45) is 5.29. The Morgan fingerprint density at radius 2 is 2.14 bits per heavy atom. The first kappa shape index (κ1) is 13.7. The summed E-state index contributed by atoms with van der Waals surface area (Å²) < 4.78 is 5.19. The largest absolute Gasteiger partial charge is 0.462 e. The highest BCUT2D eigenvalue weighted by atomic mass is 79.9. The second-order valence-electron chi connectivity index (χ2n) is 2.45. The van der Waals surface area contributed by atoms with E-state index < -0.39 is 0 Å². The Bertz CT molecular complexity index is 278. The molecule has 0 aromatic carbocycles. The number of esters is 1. The highest BCUT2D eigenvalue weighted by Crippen LogP contribution is 2.08. The van der Waals surface area contributed by atoms with Crippen LogP contribution >= 0.6 is 31.9 Å². The van der Waals surface area contributed by atoms with E-state index in [9.17, 15) is 4.79 Å². The van der Waals surface area contributed by atoms with Gasteiger partial charge in [-0.3, -0.25) is 0 Å². The van der Waals surface area contributed by atoms with Crippen molar-refractivity contribution in [3.63, 3.8) is 0 Å². The first-order chi connectivity index (χ1) is 6.61. The molecule has 0 heterocycles. The molecule has 0 fully saturated rings. The first-order valence-electron chi connectivity index (χ1n) is 4.09. The van der Waals surface area contributed by atoms with Gasteiger partial charge < -0.3 is 4.74 Å². The number of allylic oxidation sites excluding steroid dienone is 4. The molecule has 0 aliphatic carbocycles. The topological polar surface area (TPSA) is 26.3 Å². The summed E-state index contributed by atoms with van der Waals surface area (Å²) >= 11 is 6.32. The van der Waals surface area contributed by atoms with Gasteiger partial charge in [0.1, 0.15) is 4.48 Å². The molecule has 0 aromatic heterocycles. The zero-order chi connectivity index (χ0) is 11.0. The Kier molecular flexibility index (Phi) is 7.80. The third kappa shape index (κ3) is 6.16. The minimum Gasteiger partial charge on any atom is -0.462 e. The van der Waals surface area contributed by atoms with E-state index >= 15 is 0 Å². The summed E-state index contributed by atoms with van der Waals surface area (Å²) in [5, 5.41) is 0. The number of carbonyl (C=O) groups is 1. The molecule has 0 rings (SSSR count). The van der Waals surface area contributed by atoms with Gasteiger partial charge in [-0.1, -0.05) is 28.1 Å². The fourth-order valence-electron chi connectivity index (χ4n) is 0.589. The Morgan fingerprint density at radius 1 is 1.50 bits per heavy atom. The molecular formula is C10H12Br2O2. The first-order valence-corrected chi connectivity index (χ1v) is 5.80. The molecule has 0 unspecified atom stereocenters. The zero-order valence-electron chi connectivity index (χ0n) is 8.09. The number of rotatable bonds is 4. The minimum atomic E-state index is -0.349.